The van der Waals surface area contributed by atoms with Crippen molar-refractivity contribution in [3.8, 4) is 0 Å². The summed E-state index contributed by atoms with van der Waals surface area (Å²) in [6, 6.07) is 2.34. The second kappa shape index (κ2) is 6.33. The largest absolute Gasteiger partial charge is 0.378 e. The molecule has 3 heteroatoms. The molecule has 116 valence electrons. The standard InChI is InChI=1S/C17H32N2O/c1-13(2)17-12-18-8-5-4-6-16(18)11-19(17)15-7-9-20-14(3)10-15/h13-17H,4-12H2,1-3H3. The van der Waals surface area contributed by atoms with Crippen molar-refractivity contribution < 1.29 is 4.74 Å². The minimum Gasteiger partial charge on any atom is -0.378 e. The third-order valence-corrected chi connectivity index (χ3v) is 5.71. The fourth-order valence-electron chi connectivity index (χ4n) is 4.52. The maximum absolute atomic E-state index is 5.76. The van der Waals surface area contributed by atoms with Crippen LogP contribution in [-0.2, 0) is 4.74 Å². The summed E-state index contributed by atoms with van der Waals surface area (Å²) >= 11 is 0. The number of piperidine rings is 1. The highest BCUT2D eigenvalue weighted by Gasteiger charge is 2.40. The van der Waals surface area contributed by atoms with Gasteiger partial charge in [0.2, 0.25) is 0 Å². The Morgan fingerprint density at radius 2 is 1.90 bits per heavy atom. The Hall–Kier alpha value is -0.120. The normalized spacial score (nSPS) is 40.8. The summed E-state index contributed by atoms with van der Waals surface area (Å²) in [7, 11) is 0. The van der Waals surface area contributed by atoms with Crippen LogP contribution >= 0.6 is 0 Å². The van der Waals surface area contributed by atoms with Crippen LogP contribution < -0.4 is 0 Å². The van der Waals surface area contributed by atoms with Gasteiger partial charge in [-0.3, -0.25) is 9.80 Å². The Labute approximate surface area is 124 Å². The van der Waals surface area contributed by atoms with E-state index < -0.39 is 0 Å². The van der Waals surface area contributed by atoms with Crippen LogP contribution in [0.5, 0.6) is 0 Å². The molecule has 3 heterocycles. The van der Waals surface area contributed by atoms with Crippen LogP contribution in [0.2, 0.25) is 0 Å². The number of nitrogens with zero attached hydrogens (tertiary/aromatic N) is 2. The third-order valence-electron chi connectivity index (χ3n) is 5.71. The smallest absolute Gasteiger partial charge is 0.0561 e. The van der Waals surface area contributed by atoms with Crippen LogP contribution in [-0.4, -0.2) is 60.3 Å². The second-order valence-electron chi connectivity index (χ2n) is 7.51. The monoisotopic (exact) mass is 280 g/mol. The highest BCUT2D eigenvalue weighted by Crippen LogP contribution is 2.31. The summed E-state index contributed by atoms with van der Waals surface area (Å²) in [5.74, 6) is 0.760. The number of piperazine rings is 1. The number of rotatable bonds is 2. The SMILES string of the molecule is CC1CC(N2CC3CCCCN3CC2C(C)C)CCO1. The van der Waals surface area contributed by atoms with Crippen LogP contribution in [0, 0.1) is 5.92 Å². The number of hydrogen-bond donors (Lipinski definition) is 0. The average Bonchev–Trinajstić information content (AvgIpc) is 2.46. The first-order valence-electron chi connectivity index (χ1n) is 8.76. The van der Waals surface area contributed by atoms with Gasteiger partial charge in [0.15, 0.2) is 0 Å². The minimum atomic E-state index is 0.450. The Balaban J connectivity index is 1.72. The number of fused-ring (bicyclic) bond motifs is 1. The fourth-order valence-corrected chi connectivity index (χ4v) is 4.52. The molecule has 3 rings (SSSR count). The van der Waals surface area contributed by atoms with Crippen LogP contribution in [0.3, 0.4) is 0 Å². The van der Waals surface area contributed by atoms with Crippen LogP contribution in [0.4, 0.5) is 0 Å². The molecular weight excluding hydrogens is 248 g/mol. The molecule has 3 saturated heterocycles. The van der Waals surface area contributed by atoms with Gasteiger partial charge in [-0.15, -0.1) is 0 Å². The Morgan fingerprint density at radius 3 is 2.65 bits per heavy atom. The van der Waals surface area contributed by atoms with Crippen LogP contribution in [0.15, 0.2) is 0 Å². The van der Waals surface area contributed by atoms with Gasteiger partial charge >= 0.3 is 0 Å². The van der Waals surface area contributed by atoms with Crippen molar-refractivity contribution >= 4 is 0 Å². The number of hydrogen-bond acceptors (Lipinski definition) is 3. The van der Waals surface area contributed by atoms with Crippen molar-refractivity contribution in [2.24, 2.45) is 5.92 Å². The maximum atomic E-state index is 5.76. The maximum Gasteiger partial charge on any atom is 0.0561 e. The lowest BCUT2D eigenvalue weighted by molar-refractivity contribution is -0.0746. The van der Waals surface area contributed by atoms with E-state index >= 15 is 0 Å². The quantitative estimate of drug-likeness (QED) is 0.773. The van der Waals surface area contributed by atoms with Gasteiger partial charge in [-0.25, -0.2) is 0 Å². The molecule has 0 spiro atoms. The van der Waals surface area contributed by atoms with E-state index in [-0.39, 0.29) is 0 Å². The predicted octanol–water partition coefficient (Wildman–Crippen LogP) is 2.75. The van der Waals surface area contributed by atoms with Gasteiger partial charge < -0.3 is 4.74 Å². The van der Waals surface area contributed by atoms with E-state index in [0.29, 0.717) is 6.10 Å². The highest BCUT2D eigenvalue weighted by atomic mass is 16.5. The first-order valence-corrected chi connectivity index (χ1v) is 8.76. The van der Waals surface area contributed by atoms with E-state index in [1.807, 2.05) is 0 Å². The molecular formula is C17H32N2O. The van der Waals surface area contributed by atoms with E-state index in [2.05, 4.69) is 30.6 Å². The van der Waals surface area contributed by atoms with E-state index in [0.717, 1.165) is 30.7 Å². The van der Waals surface area contributed by atoms with E-state index in [1.165, 1.54) is 51.7 Å². The summed E-state index contributed by atoms with van der Waals surface area (Å²) < 4.78 is 5.76. The minimum absolute atomic E-state index is 0.450. The molecule has 0 aromatic rings. The molecule has 3 fully saturated rings. The molecule has 0 N–H and O–H groups in total. The van der Waals surface area contributed by atoms with Crippen LogP contribution in [0.25, 0.3) is 0 Å². The van der Waals surface area contributed by atoms with Gasteiger partial charge in [-0.2, -0.15) is 0 Å². The van der Waals surface area contributed by atoms with Crippen molar-refractivity contribution in [3.63, 3.8) is 0 Å². The van der Waals surface area contributed by atoms with E-state index in [4.69, 9.17) is 4.74 Å². The average molecular weight is 280 g/mol. The van der Waals surface area contributed by atoms with Gasteiger partial charge in [-0.05, 0) is 45.1 Å². The molecule has 3 aliphatic rings. The Morgan fingerprint density at radius 1 is 1.05 bits per heavy atom. The lowest BCUT2D eigenvalue weighted by Crippen LogP contribution is -2.64. The van der Waals surface area contributed by atoms with Gasteiger partial charge in [-0.1, -0.05) is 20.3 Å². The van der Waals surface area contributed by atoms with Crippen molar-refractivity contribution in [1.29, 1.82) is 0 Å². The first-order chi connectivity index (χ1) is 9.65. The molecule has 0 amide bonds. The molecule has 4 unspecified atom stereocenters. The molecule has 0 aliphatic carbocycles. The molecule has 3 aliphatic heterocycles. The lowest BCUT2D eigenvalue weighted by Gasteiger charge is -2.53. The lowest BCUT2D eigenvalue weighted by atomic mass is 9.89. The van der Waals surface area contributed by atoms with Gasteiger partial charge in [0, 0.05) is 37.8 Å². The molecule has 3 nitrogen and oxygen atoms in total. The summed E-state index contributed by atoms with van der Waals surface area (Å²) in [6.45, 7) is 12.0. The number of ether oxygens (including phenoxy) is 1. The van der Waals surface area contributed by atoms with Gasteiger partial charge in [0.05, 0.1) is 6.10 Å². The topological polar surface area (TPSA) is 15.7 Å². The van der Waals surface area contributed by atoms with Crippen LogP contribution in [0.1, 0.15) is 52.9 Å². The molecule has 4 atom stereocenters. The molecule has 20 heavy (non-hydrogen) atoms. The van der Waals surface area contributed by atoms with Crippen molar-refractivity contribution in [2.75, 3.05) is 26.2 Å². The third kappa shape index (κ3) is 3.05. The molecule has 0 aromatic carbocycles. The first kappa shape index (κ1) is 14.8. The van der Waals surface area contributed by atoms with Crippen molar-refractivity contribution in [2.45, 2.75) is 77.1 Å². The predicted molar refractivity (Wildman–Crippen MR) is 83.0 cm³/mol. The van der Waals surface area contributed by atoms with Gasteiger partial charge in [0.1, 0.15) is 0 Å². The van der Waals surface area contributed by atoms with Crippen molar-refractivity contribution in [1.82, 2.24) is 9.80 Å². The second-order valence-corrected chi connectivity index (χ2v) is 7.51. The zero-order chi connectivity index (χ0) is 14.1. The molecule has 0 radical (unpaired) electrons. The van der Waals surface area contributed by atoms with E-state index in [1.54, 1.807) is 0 Å². The summed E-state index contributed by atoms with van der Waals surface area (Å²) in [6.07, 6.45) is 7.18. The fraction of sp³-hybridized carbons (Fsp3) is 1.00. The summed E-state index contributed by atoms with van der Waals surface area (Å²) in [4.78, 5) is 5.66. The zero-order valence-electron chi connectivity index (χ0n) is 13.6. The summed E-state index contributed by atoms with van der Waals surface area (Å²) in [5, 5.41) is 0. The summed E-state index contributed by atoms with van der Waals surface area (Å²) in [5.41, 5.74) is 0. The Kier molecular flexibility index (Phi) is 4.68. The molecule has 0 aromatic heterocycles. The Bertz CT molecular complexity index is 320. The molecule has 0 bridgehead atoms. The molecule has 0 saturated carbocycles. The van der Waals surface area contributed by atoms with Crippen molar-refractivity contribution in [3.05, 3.63) is 0 Å². The van der Waals surface area contributed by atoms with Gasteiger partial charge in [0.25, 0.3) is 0 Å². The highest BCUT2D eigenvalue weighted by molar-refractivity contribution is 4.95. The van der Waals surface area contributed by atoms with E-state index in [9.17, 15) is 0 Å². The zero-order valence-corrected chi connectivity index (χ0v) is 13.6.